The zero-order valence-electron chi connectivity index (χ0n) is 10.7. The summed E-state index contributed by atoms with van der Waals surface area (Å²) in [5, 5.41) is 3.32. The summed E-state index contributed by atoms with van der Waals surface area (Å²) in [7, 11) is 0. The molecular weight excluding hydrogens is 265 g/mol. The van der Waals surface area contributed by atoms with Crippen LogP contribution in [0.15, 0.2) is 30.6 Å². The molecule has 5 heteroatoms. The Morgan fingerprint density at radius 1 is 1.00 bits per heavy atom. The lowest BCUT2D eigenvalue weighted by molar-refractivity contribution is 0.496. The van der Waals surface area contributed by atoms with E-state index in [4.69, 9.17) is 0 Å². The van der Waals surface area contributed by atoms with Gasteiger partial charge in [0.15, 0.2) is 11.6 Å². The second-order valence-electron chi connectivity index (χ2n) is 4.98. The lowest BCUT2D eigenvalue weighted by Crippen LogP contribution is -2.15. The first-order valence-electron chi connectivity index (χ1n) is 6.46. The molecule has 2 aromatic rings. The Hall–Kier alpha value is -1.88. The van der Waals surface area contributed by atoms with Crippen LogP contribution in [0, 0.1) is 17.5 Å². The molecular formula is C15H13F3N2. The molecule has 1 aromatic carbocycles. The Bertz CT molecular complexity index is 639. The number of halogens is 3. The number of pyridine rings is 1. The standard InChI is InChI=1S/C15H13F3N2/c16-13-5-15(18)14(17)4-12(13)10-3-9(6-19-8-10)7-20-11-1-2-11/h3-6,8,11,20H,1-2,7H2. The van der Waals surface area contributed by atoms with Crippen LogP contribution in [0.3, 0.4) is 0 Å². The topological polar surface area (TPSA) is 24.9 Å². The highest BCUT2D eigenvalue weighted by Gasteiger charge is 2.20. The van der Waals surface area contributed by atoms with Crippen molar-refractivity contribution in [2.75, 3.05) is 0 Å². The third-order valence-corrected chi connectivity index (χ3v) is 3.29. The van der Waals surface area contributed by atoms with Gasteiger partial charge in [0.25, 0.3) is 0 Å². The summed E-state index contributed by atoms with van der Waals surface area (Å²) in [5.74, 6) is -3.05. The fourth-order valence-corrected chi connectivity index (χ4v) is 2.02. The van der Waals surface area contributed by atoms with Crippen molar-refractivity contribution in [3.63, 3.8) is 0 Å². The summed E-state index contributed by atoms with van der Waals surface area (Å²) in [6.45, 7) is 0.636. The first-order chi connectivity index (χ1) is 9.63. The molecule has 1 fully saturated rings. The highest BCUT2D eigenvalue weighted by atomic mass is 19.2. The number of nitrogens with zero attached hydrogens (tertiary/aromatic N) is 1. The van der Waals surface area contributed by atoms with Crippen LogP contribution >= 0.6 is 0 Å². The predicted molar refractivity (Wildman–Crippen MR) is 69.4 cm³/mol. The number of hydrogen-bond donors (Lipinski definition) is 1. The molecule has 3 rings (SSSR count). The van der Waals surface area contributed by atoms with Gasteiger partial charge in [-0.05, 0) is 30.5 Å². The molecule has 0 atom stereocenters. The molecule has 1 aliphatic rings. The van der Waals surface area contributed by atoms with Crippen LogP contribution < -0.4 is 5.32 Å². The van der Waals surface area contributed by atoms with Crippen molar-refractivity contribution < 1.29 is 13.2 Å². The molecule has 1 heterocycles. The number of benzene rings is 1. The van der Waals surface area contributed by atoms with E-state index in [1.54, 1.807) is 12.3 Å². The van der Waals surface area contributed by atoms with Gasteiger partial charge in [-0.2, -0.15) is 0 Å². The van der Waals surface area contributed by atoms with E-state index in [-0.39, 0.29) is 5.56 Å². The van der Waals surface area contributed by atoms with Crippen LogP contribution in [0.25, 0.3) is 11.1 Å². The van der Waals surface area contributed by atoms with Crippen LogP contribution in [0.1, 0.15) is 18.4 Å². The van der Waals surface area contributed by atoms with Crippen molar-refractivity contribution in [3.05, 3.63) is 53.6 Å². The van der Waals surface area contributed by atoms with E-state index in [0.717, 1.165) is 11.6 Å². The van der Waals surface area contributed by atoms with E-state index in [2.05, 4.69) is 10.3 Å². The summed E-state index contributed by atoms with van der Waals surface area (Å²) in [4.78, 5) is 4.03. The average molecular weight is 278 g/mol. The molecule has 0 radical (unpaired) electrons. The second-order valence-corrected chi connectivity index (χ2v) is 4.98. The highest BCUT2D eigenvalue weighted by Crippen LogP contribution is 2.25. The average Bonchev–Trinajstić information content (AvgIpc) is 3.25. The van der Waals surface area contributed by atoms with Gasteiger partial charge >= 0.3 is 0 Å². The maximum absolute atomic E-state index is 13.7. The second kappa shape index (κ2) is 5.25. The summed E-state index contributed by atoms with van der Waals surface area (Å²) < 4.78 is 39.9. The number of nitrogens with one attached hydrogen (secondary N) is 1. The largest absolute Gasteiger partial charge is 0.310 e. The van der Waals surface area contributed by atoms with E-state index in [9.17, 15) is 13.2 Å². The summed E-state index contributed by atoms with van der Waals surface area (Å²) >= 11 is 0. The Kier molecular flexibility index (Phi) is 3.44. The fourth-order valence-electron chi connectivity index (χ4n) is 2.02. The van der Waals surface area contributed by atoms with Crippen molar-refractivity contribution in [1.82, 2.24) is 10.3 Å². The smallest absolute Gasteiger partial charge is 0.161 e. The molecule has 1 N–H and O–H groups in total. The third kappa shape index (κ3) is 2.82. The normalized spacial score (nSPS) is 14.6. The zero-order chi connectivity index (χ0) is 14.1. The maximum atomic E-state index is 13.7. The van der Waals surface area contributed by atoms with Crippen molar-refractivity contribution >= 4 is 0 Å². The maximum Gasteiger partial charge on any atom is 0.161 e. The summed E-state index contributed by atoms with van der Waals surface area (Å²) in [5.41, 5.74) is 1.35. The summed E-state index contributed by atoms with van der Waals surface area (Å²) in [6, 6.07) is 3.70. The minimum atomic E-state index is -1.19. The van der Waals surface area contributed by atoms with Crippen LogP contribution in [0.5, 0.6) is 0 Å². The van der Waals surface area contributed by atoms with Gasteiger partial charge in [0.2, 0.25) is 0 Å². The molecule has 1 aromatic heterocycles. The lowest BCUT2D eigenvalue weighted by Gasteiger charge is -2.07. The van der Waals surface area contributed by atoms with E-state index in [1.165, 1.54) is 19.0 Å². The molecule has 0 aliphatic heterocycles. The van der Waals surface area contributed by atoms with Crippen molar-refractivity contribution in [2.24, 2.45) is 0 Å². The summed E-state index contributed by atoms with van der Waals surface area (Å²) in [6.07, 6.45) is 5.46. The molecule has 0 amide bonds. The van der Waals surface area contributed by atoms with E-state index in [1.807, 2.05) is 0 Å². The molecule has 0 bridgehead atoms. The highest BCUT2D eigenvalue weighted by molar-refractivity contribution is 5.63. The van der Waals surface area contributed by atoms with Gasteiger partial charge in [0, 0.05) is 42.2 Å². The molecule has 104 valence electrons. The minimum absolute atomic E-state index is 0.0182. The van der Waals surface area contributed by atoms with Crippen LogP contribution in [-0.4, -0.2) is 11.0 Å². The first-order valence-corrected chi connectivity index (χ1v) is 6.46. The van der Waals surface area contributed by atoms with Crippen molar-refractivity contribution in [2.45, 2.75) is 25.4 Å². The first kappa shape index (κ1) is 13.1. The van der Waals surface area contributed by atoms with E-state index < -0.39 is 17.5 Å². The van der Waals surface area contributed by atoms with Crippen molar-refractivity contribution in [1.29, 1.82) is 0 Å². The SMILES string of the molecule is Fc1cc(F)c(-c2cncc(CNC3CC3)c2)cc1F. The van der Waals surface area contributed by atoms with E-state index in [0.29, 0.717) is 24.2 Å². The van der Waals surface area contributed by atoms with Gasteiger partial charge < -0.3 is 5.32 Å². The Balaban J connectivity index is 1.89. The van der Waals surface area contributed by atoms with Crippen LogP contribution in [0.4, 0.5) is 13.2 Å². The number of rotatable bonds is 4. The molecule has 1 saturated carbocycles. The molecule has 1 aliphatic carbocycles. The zero-order valence-corrected chi connectivity index (χ0v) is 10.7. The predicted octanol–water partition coefficient (Wildman–Crippen LogP) is 3.42. The third-order valence-electron chi connectivity index (χ3n) is 3.29. The monoisotopic (exact) mass is 278 g/mol. The molecule has 0 spiro atoms. The Labute approximate surface area is 114 Å². The van der Waals surface area contributed by atoms with Gasteiger partial charge in [0.1, 0.15) is 5.82 Å². The molecule has 20 heavy (non-hydrogen) atoms. The van der Waals surface area contributed by atoms with Crippen molar-refractivity contribution in [3.8, 4) is 11.1 Å². The van der Waals surface area contributed by atoms with Gasteiger partial charge in [-0.1, -0.05) is 0 Å². The molecule has 0 unspecified atom stereocenters. The quantitative estimate of drug-likeness (QED) is 0.867. The van der Waals surface area contributed by atoms with Crippen LogP contribution in [0.2, 0.25) is 0 Å². The van der Waals surface area contributed by atoms with Gasteiger partial charge in [-0.3, -0.25) is 4.98 Å². The Morgan fingerprint density at radius 3 is 2.50 bits per heavy atom. The van der Waals surface area contributed by atoms with Gasteiger partial charge in [-0.15, -0.1) is 0 Å². The fraction of sp³-hybridized carbons (Fsp3) is 0.267. The Morgan fingerprint density at radius 2 is 1.75 bits per heavy atom. The van der Waals surface area contributed by atoms with Gasteiger partial charge in [-0.25, -0.2) is 13.2 Å². The van der Waals surface area contributed by atoms with E-state index >= 15 is 0 Å². The molecule has 0 saturated heterocycles. The number of hydrogen-bond acceptors (Lipinski definition) is 2. The lowest BCUT2D eigenvalue weighted by atomic mass is 10.0. The minimum Gasteiger partial charge on any atom is -0.310 e. The van der Waals surface area contributed by atoms with Gasteiger partial charge in [0.05, 0.1) is 0 Å². The van der Waals surface area contributed by atoms with Crippen LogP contribution in [-0.2, 0) is 6.54 Å². The molecule has 2 nitrogen and oxygen atoms in total. The number of aromatic nitrogens is 1.